The maximum atomic E-state index is 12.7. The third kappa shape index (κ3) is 4.44. The summed E-state index contributed by atoms with van der Waals surface area (Å²) >= 11 is 1.14. The van der Waals surface area contributed by atoms with E-state index in [1.807, 2.05) is 31.2 Å². The summed E-state index contributed by atoms with van der Waals surface area (Å²) in [6, 6.07) is 9.07. The van der Waals surface area contributed by atoms with E-state index in [1.54, 1.807) is 6.92 Å². The van der Waals surface area contributed by atoms with Crippen LogP contribution in [-0.2, 0) is 6.54 Å². The van der Waals surface area contributed by atoms with Gasteiger partial charge < -0.3 is 4.57 Å². The molecular weight excluding hydrogens is 391 g/mol. The number of aryl methyl sites for hydroxylation is 2. The largest absolute Gasteiger partial charge is 0.406 e. The Kier molecular flexibility index (Phi) is 5.59. The molecule has 3 rings (SSSR count). The number of carbonyl (C=O) groups is 1. The number of alkyl halides is 3. The van der Waals surface area contributed by atoms with E-state index in [2.05, 4.69) is 15.5 Å². The highest BCUT2D eigenvalue weighted by molar-refractivity contribution is 7.99. The van der Waals surface area contributed by atoms with Crippen LogP contribution in [0.3, 0.4) is 0 Å². The second-order valence-electron chi connectivity index (χ2n) is 6.41. The van der Waals surface area contributed by atoms with Gasteiger partial charge in [0.25, 0.3) is 0 Å². The molecule has 0 aliphatic rings. The van der Waals surface area contributed by atoms with Crippen molar-refractivity contribution in [2.75, 3.05) is 5.75 Å². The van der Waals surface area contributed by atoms with Crippen LogP contribution in [0, 0.1) is 20.8 Å². The number of hydrogen-bond donors (Lipinski definition) is 0. The number of carbonyl (C=O) groups excluding carboxylic acids is 1. The molecule has 0 amide bonds. The Morgan fingerprint density at radius 3 is 2.61 bits per heavy atom. The molecule has 6 nitrogen and oxygen atoms in total. The number of hydrogen-bond acceptors (Lipinski definition) is 5. The van der Waals surface area contributed by atoms with Crippen molar-refractivity contribution >= 4 is 17.5 Å². The van der Waals surface area contributed by atoms with Crippen molar-refractivity contribution < 1.29 is 18.0 Å². The molecule has 0 bridgehead atoms. The molecule has 0 spiro atoms. The first kappa shape index (κ1) is 20.1. The van der Waals surface area contributed by atoms with Crippen LogP contribution in [0.5, 0.6) is 0 Å². The zero-order valence-corrected chi connectivity index (χ0v) is 16.3. The summed E-state index contributed by atoms with van der Waals surface area (Å²) in [5.74, 6) is -0.256. The third-order valence-electron chi connectivity index (χ3n) is 4.23. The summed E-state index contributed by atoms with van der Waals surface area (Å²) in [5, 5.41) is 12.0. The molecular formula is C18H18F3N5OS. The zero-order valence-electron chi connectivity index (χ0n) is 15.5. The molecule has 10 heteroatoms. The van der Waals surface area contributed by atoms with Crippen LogP contribution < -0.4 is 0 Å². The molecule has 0 aliphatic heterocycles. The minimum Gasteiger partial charge on any atom is -0.339 e. The predicted molar refractivity (Wildman–Crippen MR) is 98.9 cm³/mol. The summed E-state index contributed by atoms with van der Waals surface area (Å²) in [6.07, 6.45) is -4.35. The Balaban J connectivity index is 1.76. The second-order valence-corrected chi connectivity index (χ2v) is 7.35. The van der Waals surface area contributed by atoms with Gasteiger partial charge in [-0.1, -0.05) is 23.9 Å². The van der Waals surface area contributed by atoms with Gasteiger partial charge in [0.05, 0.1) is 11.4 Å². The summed E-state index contributed by atoms with van der Waals surface area (Å²) in [4.78, 5) is 12.6. The highest BCUT2D eigenvalue weighted by atomic mass is 32.2. The van der Waals surface area contributed by atoms with E-state index in [4.69, 9.17) is 0 Å². The van der Waals surface area contributed by atoms with Crippen LogP contribution >= 0.6 is 11.8 Å². The van der Waals surface area contributed by atoms with Gasteiger partial charge in [-0.2, -0.15) is 17.9 Å². The van der Waals surface area contributed by atoms with E-state index in [-0.39, 0.29) is 17.1 Å². The van der Waals surface area contributed by atoms with Gasteiger partial charge in [-0.05, 0) is 55.0 Å². The molecule has 2 heterocycles. The summed E-state index contributed by atoms with van der Waals surface area (Å²) in [7, 11) is 0. The molecule has 0 saturated heterocycles. The highest BCUT2D eigenvalue weighted by Gasteiger charge is 2.30. The lowest BCUT2D eigenvalue weighted by Crippen LogP contribution is -2.19. The van der Waals surface area contributed by atoms with E-state index in [0.717, 1.165) is 27.6 Å². The SMILES string of the molecule is Cc1cccc(-n2nnnc2SCC(=O)c2cc(C)n(CC(F)(F)F)c2C)c1. The van der Waals surface area contributed by atoms with E-state index >= 15 is 0 Å². The van der Waals surface area contributed by atoms with Gasteiger partial charge in [0.1, 0.15) is 6.54 Å². The van der Waals surface area contributed by atoms with Gasteiger partial charge in [0.2, 0.25) is 5.16 Å². The quantitative estimate of drug-likeness (QED) is 0.456. The summed E-state index contributed by atoms with van der Waals surface area (Å²) in [5.41, 5.74) is 2.79. The number of tetrazole rings is 1. The molecule has 0 atom stereocenters. The van der Waals surface area contributed by atoms with Crippen LogP contribution in [0.15, 0.2) is 35.5 Å². The van der Waals surface area contributed by atoms with E-state index in [0.29, 0.717) is 16.5 Å². The number of rotatable bonds is 6. The number of aromatic nitrogens is 5. The van der Waals surface area contributed by atoms with Crippen molar-refractivity contribution in [3.8, 4) is 5.69 Å². The lowest BCUT2D eigenvalue weighted by Gasteiger charge is -2.12. The molecule has 0 saturated carbocycles. The molecule has 0 unspecified atom stereocenters. The molecule has 2 aromatic heterocycles. The van der Waals surface area contributed by atoms with E-state index < -0.39 is 12.7 Å². The van der Waals surface area contributed by atoms with Crippen LogP contribution in [-0.4, -0.2) is 42.5 Å². The Morgan fingerprint density at radius 1 is 1.18 bits per heavy atom. The van der Waals surface area contributed by atoms with Crippen molar-refractivity contribution in [3.63, 3.8) is 0 Å². The van der Waals surface area contributed by atoms with Crippen LogP contribution in [0.4, 0.5) is 13.2 Å². The van der Waals surface area contributed by atoms with E-state index in [1.165, 1.54) is 17.7 Å². The molecule has 0 aliphatic carbocycles. The number of halogens is 3. The fraction of sp³-hybridized carbons (Fsp3) is 0.333. The van der Waals surface area contributed by atoms with Crippen LogP contribution in [0.1, 0.15) is 27.3 Å². The smallest absolute Gasteiger partial charge is 0.339 e. The molecule has 1 aromatic carbocycles. The van der Waals surface area contributed by atoms with Crippen molar-refractivity contribution in [2.45, 2.75) is 38.6 Å². The minimum absolute atomic E-state index is 0.0164. The van der Waals surface area contributed by atoms with Crippen molar-refractivity contribution in [1.29, 1.82) is 0 Å². The molecule has 148 valence electrons. The predicted octanol–water partition coefficient (Wildman–Crippen LogP) is 3.93. The topological polar surface area (TPSA) is 65.6 Å². The minimum atomic E-state index is -4.35. The van der Waals surface area contributed by atoms with Gasteiger partial charge in [0, 0.05) is 17.0 Å². The normalized spacial score (nSPS) is 11.8. The van der Waals surface area contributed by atoms with Gasteiger partial charge >= 0.3 is 6.18 Å². The van der Waals surface area contributed by atoms with E-state index in [9.17, 15) is 18.0 Å². The molecule has 0 N–H and O–H groups in total. The Bertz CT molecular complexity index is 1010. The van der Waals surface area contributed by atoms with Gasteiger partial charge in [-0.3, -0.25) is 4.79 Å². The fourth-order valence-electron chi connectivity index (χ4n) is 2.90. The maximum Gasteiger partial charge on any atom is 0.406 e. The summed E-state index contributed by atoms with van der Waals surface area (Å²) < 4.78 is 40.9. The molecule has 0 radical (unpaired) electrons. The van der Waals surface area contributed by atoms with Crippen molar-refractivity contribution in [1.82, 2.24) is 24.8 Å². The fourth-order valence-corrected chi connectivity index (χ4v) is 3.68. The average molecular weight is 409 g/mol. The first-order valence-electron chi connectivity index (χ1n) is 8.40. The number of nitrogens with zero attached hydrogens (tertiary/aromatic N) is 5. The lowest BCUT2D eigenvalue weighted by molar-refractivity contribution is -0.141. The molecule has 28 heavy (non-hydrogen) atoms. The number of Topliss-reactive ketones (excluding diaryl/α,β-unsaturated/α-hetero) is 1. The zero-order chi connectivity index (χ0) is 20.5. The average Bonchev–Trinajstić information content (AvgIpc) is 3.18. The van der Waals surface area contributed by atoms with Gasteiger partial charge in [-0.25, -0.2) is 0 Å². The second kappa shape index (κ2) is 7.78. The first-order chi connectivity index (χ1) is 13.2. The molecule has 3 aromatic rings. The van der Waals surface area contributed by atoms with Gasteiger partial charge in [0.15, 0.2) is 5.78 Å². The maximum absolute atomic E-state index is 12.7. The van der Waals surface area contributed by atoms with Crippen molar-refractivity contribution in [2.24, 2.45) is 0 Å². The number of ketones is 1. The van der Waals surface area contributed by atoms with Crippen LogP contribution in [0.2, 0.25) is 0 Å². The molecule has 0 fully saturated rings. The van der Waals surface area contributed by atoms with Crippen molar-refractivity contribution in [3.05, 3.63) is 52.8 Å². The Labute approximate surface area is 163 Å². The monoisotopic (exact) mass is 409 g/mol. The third-order valence-corrected chi connectivity index (χ3v) is 5.15. The lowest BCUT2D eigenvalue weighted by atomic mass is 10.2. The Hall–Kier alpha value is -2.62. The first-order valence-corrected chi connectivity index (χ1v) is 9.39. The van der Waals surface area contributed by atoms with Crippen LogP contribution in [0.25, 0.3) is 5.69 Å². The Morgan fingerprint density at radius 2 is 1.93 bits per heavy atom. The van der Waals surface area contributed by atoms with Gasteiger partial charge in [-0.15, -0.1) is 5.10 Å². The standard InChI is InChI=1S/C18H18F3N5OS/c1-11-5-4-6-14(7-11)26-17(22-23-24-26)28-9-16(27)15-8-12(2)25(13(15)3)10-18(19,20)21/h4-8H,9-10H2,1-3H3. The summed E-state index contributed by atoms with van der Waals surface area (Å²) in [6.45, 7) is 3.91. The highest BCUT2D eigenvalue weighted by Crippen LogP contribution is 2.25. The number of benzene rings is 1. The number of thioether (sulfide) groups is 1.